The minimum Gasteiger partial charge on any atom is -0.366 e. The second kappa shape index (κ2) is 7.15. The third-order valence-electron chi connectivity index (χ3n) is 5.11. The number of benzene rings is 1. The minimum atomic E-state index is -0.412. The molecule has 7 heteroatoms. The van der Waals surface area contributed by atoms with Gasteiger partial charge in [0.15, 0.2) is 5.13 Å². The van der Waals surface area contributed by atoms with Crippen molar-refractivity contribution in [3.05, 3.63) is 52.8 Å². The number of nitrogens with one attached hydrogen (secondary N) is 1. The number of carbonyl (C=O) groups excluding carboxylic acids is 1. The van der Waals surface area contributed by atoms with Gasteiger partial charge in [0.05, 0.1) is 17.0 Å². The van der Waals surface area contributed by atoms with Crippen molar-refractivity contribution in [3.63, 3.8) is 0 Å². The lowest BCUT2D eigenvalue weighted by molar-refractivity contribution is 0.0999. The van der Waals surface area contributed by atoms with Gasteiger partial charge in [-0.3, -0.25) is 4.79 Å². The normalized spacial score (nSPS) is 14.6. The van der Waals surface area contributed by atoms with Crippen LogP contribution in [0.25, 0.3) is 11.4 Å². The van der Waals surface area contributed by atoms with E-state index < -0.39 is 5.91 Å². The quantitative estimate of drug-likeness (QED) is 0.649. The maximum atomic E-state index is 13.1. The summed E-state index contributed by atoms with van der Waals surface area (Å²) in [5.74, 6) is -0.686. The van der Waals surface area contributed by atoms with Crippen LogP contribution >= 0.6 is 11.3 Å². The molecule has 0 radical (unpaired) electrons. The van der Waals surface area contributed by atoms with Crippen LogP contribution in [0, 0.1) is 12.7 Å². The molecule has 140 valence electrons. The van der Waals surface area contributed by atoms with Gasteiger partial charge in [-0.05, 0) is 50.1 Å². The van der Waals surface area contributed by atoms with E-state index in [0.29, 0.717) is 16.7 Å². The fourth-order valence-corrected chi connectivity index (χ4v) is 4.53. The van der Waals surface area contributed by atoms with E-state index in [1.807, 2.05) is 18.4 Å². The standard InChI is InChI=1S/C20H21FN4OS/c1-12-16(19(22)26)10-18(25(12)15-4-2-3-5-15)17-11-27-20(24-17)23-14-8-6-13(21)7-9-14/h6-11,15H,2-5H2,1H3,(H2,22,26)(H,23,24). The number of rotatable bonds is 5. The van der Waals surface area contributed by atoms with Gasteiger partial charge in [0.1, 0.15) is 5.82 Å². The van der Waals surface area contributed by atoms with Crippen molar-refractivity contribution >= 4 is 28.1 Å². The predicted molar refractivity (Wildman–Crippen MR) is 106 cm³/mol. The molecule has 1 fully saturated rings. The lowest BCUT2D eigenvalue weighted by Gasteiger charge is -2.18. The Labute approximate surface area is 161 Å². The number of amides is 1. The maximum absolute atomic E-state index is 13.1. The van der Waals surface area contributed by atoms with E-state index in [-0.39, 0.29) is 5.82 Å². The molecule has 1 aromatic carbocycles. The molecule has 0 unspecified atom stereocenters. The molecule has 3 aromatic rings. The fourth-order valence-electron chi connectivity index (χ4n) is 3.81. The molecule has 1 amide bonds. The number of anilines is 2. The number of hydrogen-bond donors (Lipinski definition) is 2. The molecule has 0 bridgehead atoms. The van der Waals surface area contributed by atoms with Crippen molar-refractivity contribution in [3.8, 4) is 11.4 Å². The first-order valence-corrected chi connectivity index (χ1v) is 9.91. The van der Waals surface area contributed by atoms with Crippen LogP contribution < -0.4 is 11.1 Å². The molecule has 0 saturated heterocycles. The lowest BCUT2D eigenvalue weighted by Crippen LogP contribution is -2.14. The summed E-state index contributed by atoms with van der Waals surface area (Å²) < 4.78 is 15.3. The summed E-state index contributed by atoms with van der Waals surface area (Å²) in [7, 11) is 0. The minimum absolute atomic E-state index is 0.274. The lowest BCUT2D eigenvalue weighted by atomic mass is 10.2. The fraction of sp³-hybridized carbons (Fsp3) is 0.300. The predicted octanol–water partition coefficient (Wildman–Crippen LogP) is 5.02. The van der Waals surface area contributed by atoms with Gasteiger partial charge in [-0.1, -0.05) is 12.8 Å². The van der Waals surface area contributed by atoms with Gasteiger partial charge in [-0.2, -0.15) is 0 Å². The van der Waals surface area contributed by atoms with E-state index in [1.165, 1.54) is 36.3 Å². The summed E-state index contributed by atoms with van der Waals surface area (Å²) in [5.41, 5.74) is 9.56. The molecule has 27 heavy (non-hydrogen) atoms. The number of thiazole rings is 1. The molecule has 4 rings (SSSR count). The van der Waals surface area contributed by atoms with Gasteiger partial charge in [-0.25, -0.2) is 9.37 Å². The molecule has 1 saturated carbocycles. The summed E-state index contributed by atoms with van der Waals surface area (Å²) >= 11 is 1.47. The zero-order chi connectivity index (χ0) is 19.0. The van der Waals surface area contributed by atoms with E-state index in [2.05, 4.69) is 14.9 Å². The van der Waals surface area contributed by atoms with E-state index in [0.717, 1.165) is 35.6 Å². The Hall–Kier alpha value is -2.67. The van der Waals surface area contributed by atoms with Crippen LogP contribution in [0.4, 0.5) is 15.2 Å². The Morgan fingerprint density at radius 2 is 2.00 bits per heavy atom. The molecule has 0 aliphatic heterocycles. The molecule has 0 atom stereocenters. The molecule has 3 N–H and O–H groups in total. The van der Waals surface area contributed by atoms with E-state index in [9.17, 15) is 9.18 Å². The molecule has 2 heterocycles. The van der Waals surface area contributed by atoms with Crippen LogP contribution in [-0.4, -0.2) is 15.5 Å². The third kappa shape index (κ3) is 3.47. The van der Waals surface area contributed by atoms with Gasteiger partial charge >= 0.3 is 0 Å². The van der Waals surface area contributed by atoms with Crippen molar-refractivity contribution in [1.82, 2.24) is 9.55 Å². The van der Waals surface area contributed by atoms with Crippen LogP contribution in [0.1, 0.15) is 47.8 Å². The van der Waals surface area contributed by atoms with Crippen LogP contribution in [-0.2, 0) is 0 Å². The molecule has 1 aliphatic carbocycles. The van der Waals surface area contributed by atoms with Gasteiger partial charge in [0.2, 0.25) is 0 Å². The number of halogens is 1. The zero-order valence-electron chi connectivity index (χ0n) is 15.0. The van der Waals surface area contributed by atoms with Crippen molar-refractivity contribution in [2.45, 2.75) is 38.6 Å². The smallest absolute Gasteiger partial charge is 0.250 e. The van der Waals surface area contributed by atoms with Crippen molar-refractivity contribution in [2.75, 3.05) is 5.32 Å². The summed E-state index contributed by atoms with van der Waals surface area (Å²) in [6.07, 6.45) is 4.60. The second-order valence-corrected chi connectivity index (χ2v) is 7.73. The van der Waals surface area contributed by atoms with Crippen LogP contribution in [0.3, 0.4) is 0 Å². The maximum Gasteiger partial charge on any atom is 0.250 e. The van der Waals surface area contributed by atoms with Crippen LogP contribution in [0.5, 0.6) is 0 Å². The Morgan fingerprint density at radius 1 is 1.30 bits per heavy atom. The zero-order valence-corrected chi connectivity index (χ0v) is 15.9. The van der Waals surface area contributed by atoms with Gasteiger partial charge in [-0.15, -0.1) is 11.3 Å². The van der Waals surface area contributed by atoms with E-state index >= 15 is 0 Å². The number of carbonyl (C=O) groups is 1. The highest BCUT2D eigenvalue weighted by molar-refractivity contribution is 7.14. The first-order valence-electron chi connectivity index (χ1n) is 9.03. The highest BCUT2D eigenvalue weighted by Crippen LogP contribution is 2.38. The average molecular weight is 384 g/mol. The Balaban J connectivity index is 1.68. The first-order chi connectivity index (χ1) is 13.0. The number of nitrogens with two attached hydrogens (primary N) is 1. The highest BCUT2D eigenvalue weighted by atomic mass is 32.1. The SMILES string of the molecule is Cc1c(C(N)=O)cc(-c2csc(Nc3ccc(F)cc3)n2)n1C1CCCC1. The first kappa shape index (κ1) is 17.7. The summed E-state index contributed by atoms with van der Waals surface area (Å²) in [6, 6.07) is 8.39. The number of hydrogen-bond acceptors (Lipinski definition) is 4. The summed E-state index contributed by atoms with van der Waals surface area (Å²) in [5, 5.41) is 5.88. The van der Waals surface area contributed by atoms with E-state index in [1.54, 1.807) is 12.1 Å². The molecule has 1 aliphatic rings. The molecule has 2 aromatic heterocycles. The Morgan fingerprint density at radius 3 is 2.67 bits per heavy atom. The monoisotopic (exact) mass is 384 g/mol. The topological polar surface area (TPSA) is 72.9 Å². The van der Waals surface area contributed by atoms with Crippen LogP contribution in [0.15, 0.2) is 35.7 Å². The molecular formula is C20H21FN4OS. The summed E-state index contributed by atoms with van der Waals surface area (Å²) in [6.45, 7) is 1.95. The van der Waals surface area contributed by atoms with Crippen molar-refractivity contribution in [1.29, 1.82) is 0 Å². The van der Waals surface area contributed by atoms with Gasteiger partial charge in [0.25, 0.3) is 5.91 Å². The Bertz CT molecular complexity index is 971. The number of nitrogens with zero attached hydrogens (tertiary/aromatic N) is 2. The second-order valence-electron chi connectivity index (χ2n) is 6.87. The number of primary amides is 1. The third-order valence-corrected chi connectivity index (χ3v) is 5.87. The number of aromatic nitrogens is 2. The van der Waals surface area contributed by atoms with Gasteiger partial charge in [0, 0.05) is 22.8 Å². The van der Waals surface area contributed by atoms with E-state index in [4.69, 9.17) is 5.73 Å². The van der Waals surface area contributed by atoms with Crippen molar-refractivity contribution in [2.24, 2.45) is 5.73 Å². The highest BCUT2D eigenvalue weighted by Gasteiger charge is 2.25. The van der Waals surface area contributed by atoms with Crippen LogP contribution in [0.2, 0.25) is 0 Å². The van der Waals surface area contributed by atoms with Crippen molar-refractivity contribution < 1.29 is 9.18 Å². The van der Waals surface area contributed by atoms with Gasteiger partial charge < -0.3 is 15.6 Å². The summed E-state index contributed by atoms with van der Waals surface area (Å²) in [4.78, 5) is 16.5. The molecule has 0 spiro atoms. The largest absolute Gasteiger partial charge is 0.366 e. The average Bonchev–Trinajstić information content (AvgIpc) is 3.36. The Kier molecular flexibility index (Phi) is 4.70. The molecular weight excluding hydrogens is 363 g/mol. The molecule has 5 nitrogen and oxygen atoms in total.